The highest BCUT2D eigenvalue weighted by atomic mass is 19.4. The van der Waals surface area contributed by atoms with Crippen molar-refractivity contribution in [3.63, 3.8) is 0 Å². The maximum atomic E-state index is 11.8. The van der Waals surface area contributed by atoms with Crippen molar-refractivity contribution < 1.29 is 17.9 Å². The largest absolute Gasteiger partial charge is 0.411 e. The lowest BCUT2D eigenvalue weighted by atomic mass is 10.4. The first-order chi connectivity index (χ1) is 9.01. The number of rotatable bonds is 8. The number of anilines is 2. The van der Waals surface area contributed by atoms with Crippen LogP contribution in [-0.2, 0) is 4.74 Å². The summed E-state index contributed by atoms with van der Waals surface area (Å²) in [6.07, 6.45) is -3.28. The van der Waals surface area contributed by atoms with Crippen molar-refractivity contribution in [1.29, 1.82) is 0 Å². The van der Waals surface area contributed by atoms with E-state index in [-0.39, 0.29) is 13.2 Å². The third-order valence-electron chi connectivity index (χ3n) is 2.12. The van der Waals surface area contributed by atoms with Gasteiger partial charge >= 0.3 is 6.18 Å². The number of ether oxygens (including phenoxy) is 1. The van der Waals surface area contributed by atoms with Crippen molar-refractivity contribution in [3.8, 4) is 0 Å². The minimum Gasteiger partial charge on any atom is -0.370 e. The van der Waals surface area contributed by atoms with Gasteiger partial charge in [-0.25, -0.2) is 4.98 Å². The minimum atomic E-state index is -4.28. The Hall–Kier alpha value is -1.50. The molecule has 1 rings (SSSR count). The Bertz CT molecular complexity index is 371. The van der Waals surface area contributed by atoms with E-state index in [0.29, 0.717) is 5.82 Å². The van der Waals surface area contributed by atoms with Crippen LogP contribution in [0.15, 0.2) is 18.2 Å². The van der Waals surface area contributed by atoms with Gasteiger partial charge in [0, 0.05) is 13.1 Å². The van der Waals surface area contributed by atoms with Gasteiger partial charge in [0.2, 0.25) is 0 Å². The third kappa shape index (κ3) is 7.50. The van der Waals surface area contributed by atoms with E-state index in [1.165, 1.54) is 0 Å². The summed E-state index contributed by atoms with van der Waals surface area (Å²) in [6, 6.07) is 5.41. The molecule has 7 heteroatoms. The molecule has 0 aliphatic heterocycles. The maximum absolute atomic E-state index is 11.8. The number of nitrogens with zero attached hydrogens (tertiary/aromatic N) is 1. The molecule has 0 radical (unpaired) electrons. The average Bonchev–Trinajstić information content (AvgIpc) is 2.35. The molecule has 0 fully saturated rings. The Kier molecular flexibility index (Phi) is 6.41. The van der Waals surface area contributed by atoms with Gasteiger partial charge in [-0.3, -0.25) is 0 Å². The standard InChI is InChI=1S/C12H18F3N3O/c1-2-6-16-10-4-3-5-11(18-10)17-7-8-19-9-12(13,14)15/h3-5H,2,6-9H2,1H3,(H2,16,17,18). The van der Waals surface area contributed by atoms with Crippen LogP contribution < -0.4 is 10.6 Å². The molecule has 19 heavy (non-hydrogen) atoms. The van der Waals surface area contributed by atoms with E-state index in [1.54, 1.807) is 6.07 Å². The molecule has 1 aromatic heterocycles. The molecule has 0 aliphatic carbocycles. The molecule has 108 valence electrons. The highest BCUT2D eigenvalue weighted by Gasteiger charge is 2.27. The van der Waals surface area contributed by atoms with Crippen molar-refractivity contribution >= 4 is 11.6 Å². The molecule has 0 saturated heterocycles. The lowest BCUT2D eigenvalue weighted by molar-refractivity contribution is -0.172. The topological polar surface area (TPSA) is 46.2 Å². The van der Waals surface area contributed by atoms with Gasteiger partial charge < -0.3 is 15.4 Å². The summed E-state index contributed by atoms with van der Waals surface area (Å²) in [7, 11) is 0. The molecule has 0 unspecified atom stereocenters. The number of hydrogen-bond acceptors (Lipinski definition) is 4. The zero-order valence-corrected chi connectivity index (χ0v) is 10.8. The van der Waals surface area contributed by atoms with Gasteiger partial charge in [-0.05, 0) is 18.6 Å². The number of nitrogens with one attached hydrogen (secondary N) is 2. The summed E-state index contributed by atoms with van der Waals surface area (Å²) in [4.78, 5) is 4.26. The van der Waals surface area contributed by atoms with E-state index in [4.69, 9.17) is 0 Å². The summed E-state index contributed by atoms with van der Waals surface area (Å²) in [6.45, 7) is 1.91. The molecule has 4 nitrogen and oxygen atoms in total. The van der Waals surface area contributed by atoms with E-state index in [9.17, 15) is 13.2 Å². The third-order valence-corrected chi connectivity index (χ3v) is 2.12. The van der Waals surface area contributed by atoms with Crippen LogP contribution in [0.25, 0.3) is 0 Å². The summed E-state index contributed by atoms with van der Waals surface area (Å²) in [5.41, 5.74) is 0. The van der Waals surface area contributed by atoms with Crippen LogP contribution in [0.5, 0.6) is 0 Å². The molecular weight excluding hydrogens is 259 g/mol. The molecule has 0 bridgehead atoms. The van der Waals surface area contributed by atoms with Crippen molar-refractivity contribution in [2.24, 2.45) is 0 Å². The van der Waals surface area contributed by atoms with Gasteiger partial charge in [0.1, 0.15) is 18.2 Å². The van der Waals surface area contributed by atoms with Crippen molar-refractivity contribution in [3.05, 3.63) is 18.2 Å². The Balaban J connectivity index is 2.25. The fourth-order valence-corrected chi connectivity index (χ4v) is 1.32. The molecule has 0 amide bonds. The van der Waals surface area contributed by atoms with E-state index < -0.39 is 12.8 Å². The van der Waals surface area contributed by atoms with Gasteiger partial charge in [-0.15, -0.1) is 0 Å². The van der Waals surface area contributed by atoms with E-state index in [0.717, 1.165) is 18.8 Å². The van der Waals surface area contributed by atoms with Gasteiger partial charge in [-0.1, -0.05) is 13.0 Å². The normalized spacial score (nSPS) is 11.4. The number of pyridine rings is 1. The van der Waals surface area contributed by atoms with Crippen LogP contribution in [0.1, 0.15) is 13.3 Å². The van der Waals surface area contributed by atoms with Gasteiger partial charge in [0.25, 0.3) is 0 Å². The van der Waals surface area contributed by atoms with Crippen molar-refractivity contribution in [2.45, 2.75) is 19.5 Å². The minimum absolute atomic E-state index is 0.0200. The maximum Gasteiger partial charge on any atom is 0.411 e. The van der Waals surface area contributed by atoms with E-state index in [1.807, 2.05) is 19.1 Å². The molecule has 1 aromatic rings. The van der Waals surface area contributed by atoms with Gasteiger partial charge in [0.05, 0.1) is 6.61 Å². The second kappa shape index (κ2) is 7.83. The number of aromatic nitrogens is 1. The first-order valence-corrected chi connectivity index (χ1v) is 6.10. The van der Waals surface area contributed by atoms with Gasteiger partial charge in [0.15, 0.2) is 0 Å². The second-order valence-corrected chi connectivity index (χ2v) is 3.93. The summed E-state index contributed by atoms with van der Waals surface area (Å²) in [5.74, 6) is 1.35. The fourth-order valence-electron chi connectivity index (χ4n) is 1.32. The highest BCUT2D eigenvalue weighted by Crippen LogP contribution is 2.14. The van der Waals surface area contributed by atoms with Crippen LogP contribution >= 0.6 is 0 Å². The monoisotopic (exact) mass is 277 g/mol. The number of halogens is 3. The molecule has 0 spiro atoms. The van der Waals surface area contributed by atoms with Crippen molar-refractivity contribution in [2.75, 3.05) is 36.9 Å². The molecular formula is C12H18F3N3O. The Labute approximate surface area is 110 Å². The summed E-state index contributed by atoms with van der Waals surface area (Å²) >= 11 is 0. The lowest BCUT2D eigenvalue weighted by Crippen LogP contribution is -2.20. The van der Waals surface area contributed by atoms with Crippen LogP contribution in [-0.4, -0.2) is 37.5 Å². The molecule has 0 saturated carbocycles. The molecule has 2 N–H and O–H groups in total. The summed E-state index contributed by atoms with van der Waals surface area (Å²) in [5, 5.41) is 6.03. The zero-order chi connectivity index (χ0) is 14.1. The van der Waals surface area contributed by atoms with Crippen LogP contribution in [0.3, 0.4) is 0 Å². The van der Waals surface area contributed by atoms with E-state index in [2.05, 4.69) is 20.4 Å². The Morgan fingerprint density at radius 3 is 2.37 bits per heavy atom. The first kappa shape index (κ1) is 15.6. The van der Waals surface area contributed by atoms with Crippen molar-refractivity contribution in [1.82, 2.24) is 4.98 Å². The van der Waals surface area contributed by atoms with E-state index >= 15 is 0 Å². The molecule has 0 aliphatic rings. The number of alkyl halides is 3. The molecule has 1 heterocycles. The molecule has 0 aromatic carbocycles. The smallest absolute Gasteiger partial charge is 0.370 e. The zero-order valence-electron chi connectivity index (χ0n) is 10.8. The average molecular weight is 277 g/mol. The second-order valence-electron chi connectivity index (χ2n) is 3.93. The Morgan fingerprint density at radius 2 is 1.79 bits per heavy atom. The predicted molar refractivity (Wildman–Crippen MR) is 68.4 cm³/mol. The molecule has 0 atom stereocenters. The van der Waals surface area contributed by atoms with Crippen LogP contribution in [0.4, 0.5) is 24.8 Å². The number of hydrogen-bond donors (Lipinski definition) is 2. The first-order valence-electron chi connectivity index (χ1n) is 6.10. The highest BCUT2D eigenvalue weighted by molar-refractivity contribution is 5.44. The summed E-state index contributed by atoms with van der Waals surface area (Å²) < 4.78 is 39.9. The quantitative estimate of drug-likeness (QED) is 0.717. The van der Waals surface area contributed by atoms with Crippen LogP contribution in [0.2, 0.25) is 0 Å². The van der Waals surface area contributed by atoms with Crippen LogP contribution in [0, 0.1) is 0 Å². The fraction of sp³-hybridized carbons (Fsp3) is 0.583. The Morgan fingerprint density at radius 1 is 1.16 bits per heavy atom. The SMILES string of the molecule is CCCNc1cccc(NCCOCC(F)(F)F)n1. The van der Waals surface area contributed by atoms with Gasteiger partial charge in [-0.2, -0.15) is 13.2 Å². The lowest BCUT2D eigenvalue weighted by Gasteiger charge is -2.10. The predicted octanol–water partition coefficient (Wildman–Crippen LogP) is 2.89.